The van der Waals surface area contributed by atoms with Gasteiger partial charge in [-0.15, -0.1) is 0 Å². The molecule has 3 unspecified atom stereocenters. The Bertz CT molecular complexity index is 172. The second-order valence-electron chi connectivity index (χ2n) is 5.65. The Kier molecular flexibility index (Phi) is 4.32. The molecule has 0 saturated carbocycles. The zero-order chi connectivity index (χ0) is 10.8. The number of thioether (sulfide) groups is 1. The Labute approximate surface area is 93.4 Å². The van der Waals surface area contributed by atoms with Crippen molar-refractivity contribution in [2.75, 3.05) is 12.3 Å². The van der Waals surface area contributed by atoms with Gasteiger partial charge in [0.05, 0.1) is 0 Å². The van der Waals surface area contributed by atoms with Crippen LogP contribution in [0.15, 0.2) is 0 Å². The van der Waals surface area contributed by atoms with E-state index < -0.39 is 0 Å². The highest BCUT2D eigenvalue weighted by Gasteiger charge is 2.26. The highest BCUT2D eigenvalue weighted by atomic mass is 32.2. The van der Waals surface area contributed by atoms with Crippen LogP contribution in [0.5, 0.6) is 0 Å². The summed E-state index contributed by atoms with van der Waals surface area (Å²) >= 11 is 2.10. The van der Waals surface area contributed by atoms with Crippen molar-refractivity contribution >= 4 is 11.8 Å². The maximum absolute atomic E-state index is 3.72. The maximum Gasteiger partial charge on any atom is 0.0191 e. The highest BCUT2D eigenvalue weighted by molar-refractivity contribution is 8.00. The monoisotopic (exact) mass is 215 g/mol. The molecule has 0 radical (unpaired) electrons. The van der Waals surface area contributed by atoms with E-state index in [9.17, 15) is 0 Å². The van der Waals surface area contributed by atoms with Gasteiger partial charge in [0.2, 0.25) is 0 Å². The van der Waals surface area contributed by atoms with E-state index in [4.69, 9.17) is 0 Å². The zero-order valence-electron chi connectivity index (χ0n) is 10.3. The Morgan fingerprint density at radius 3 is 2.50 bits per heavy atom. The minimum Gasteiger partial charge on any atom is -0.313 e. The summed E-state index contributed by atoms with van der Waals surface area (Å²) in [5.74, 6) is 2.09. The predicted molar refractivity (Wildman–Crippen MR) is 66.9 cm³/mol. The summed E-state index contributed by atoms with van der Waals surface area (Å²) in [7, 11) is 0. The molecule has 1 heterocycles. The maximum atomic E-state index is 3.72. The van der Waals surface area contributed by atoms with Crippen molar-refractivity contribution in [1.82, 2.24) is 5.32 Å². The normalized spacial score (nSPS) is 30.6. The molecule has 3 atom stereocenters. The summed E-state index contributed by atoms with van der Waals surface area (Å²) in [6.45, 7) is 12.8. The van der Waals surface area contributed by atoms with Crippen LogP contribution in [0.2, 0.25) is 0 Å². The second kappa shape index (κ2) is 4.89. The van der Waals surface area contributed by atoms with Crippen molar-refractivity contribution in [2.45, 2.75) is 52.3 Å². The fourth-order valence-corrected chi connectivity index (χ4v) is 2.86. The number of rotatable bonds is 3. The Balaban J connectivity index is 2.26. The Morgan fingerprint density at radius 1 is 1.43 bits per heavy atom. The summed E-state index contributed by atoms with van der Waals surface area (Å²) in [4.78, 5) is 0. The van der Waals surface area contributed by atoms with Gasteiger partial charge >= 0.3 is 0 Å². The molecule has 1 aliphatic rings. The van der Waals surface area contributed by atoms with Crippen LogP contribution >= 0.6 is 11.8 Å². The molecule has 0 aromatic rings. The fourth-order valence-electron chi connectivity index (χ4n) is 1.63. The summed E-state index contributed by atoms with van der Waals surface area (Å²) in [5, 5.41) is 4.52. The molecule has 0 bridgehead atoms. The van der Waals surface area contributed by atoms with Crippen molar-refractivity contribution in [2.24, 2.45) is 11.3 Å². The third-order valence-electron chi connectivity index (χ3n) is 3.54. The van der Waals surface area contributed by atoms with E-state index in [0.717, 1.165) is 17.2 Å². The van der Waals surface area contributed by atoms with Gasteiger partial charge in [0, 0.05) is 11.3 Å². The first-order valence-corrected chi connectivity index (χ1v) is 6.81. The van der Waals surface area contributed by atoms with Gasteiger partial charge in [-0.3, -0.25) is 0 Å². The smallest absolute Gasteiger partial charge is 0.0191 e. The standard InChI is InChI=1S/C12H25NS/c1-9(12(3,4)5)8-13-11-6-7-14-10(11)2/h9-11,13H,6-8H2,1-5H3. The van der Waals surface area contributed by atoms with E-state index in [1.165, 1.54) is 18.7 Å². The van der Waals surface area contributed by atoms with Gasteiger partial charge in [-0.1, -0.05) is 34.6 Å². The molecular formula is C12H25NS. The minimum atomic E-state index is 0.433. The minimum absolute atomic E-state index is 0.433. The molecule has 0 amide bonds. The summed E-state index contributed by atoms with van der Waals surface area (Å²) in [6, 6.07) is 0.754. The summed E-state index contributed by atoms with van der Waals surface area (Å²) in [5.41, 5.74) is 0.433. The third kappa shape index (κ3) is 3.47. The first-order valence-electron chi connectivity index (χ1n) is 5.76. The average Bonchev–Trinajstić information content (AvgIpc) is 2.45. The third-order valence-corrected chi connectivity index (χ3v) is 4.87. The summed E-state index contributed by atoms with van der Waals surface area (Å²) in [6.07, 6.45) is 1.35. The van der Waals surface area contributed by atoms with Gasteiger partial charge in [-0.25, -0.2) is 0 Å². The molecule has 1 nitrogen and oxygen atoms in total. The second-order valence-corrected chi connectivity index (χ2v) is 7.13. The number of hydrogen-bond acceptors (Lipinski definition) is 2. The number of nitrogens with one attached hydrogen (secondary N) is 1. The summed E-state index contributed by atoms with van der Waals surface area (Å²) < 4.78 is 0. The van der Waals surface area contributed by atoms with E-state index in [2.05, 4.69) is 51.7 Å². The molecule has 2 heteroatoms. The van der Waals surface area contributed by atoms with Gasteiger partial charge in [-0.05, 0) is 30.1 Å². The zero-order valence-corrected chi connectivity index (χ0v) is 11.1. The van der Waals surface area contributed by atoms with E-state index in [1.54, 1.807) is 0 Å². The molecular weight excluding hydrogens is 190 g/mol. The molecule has 0 aliphatic carbocycles. The van der Waals surface area contributed by atoms with Gasteiger partial charge in [0.15, 0.2) is 0 Å². The quantitative estimate of drug-likeness (QED) is 0.776. The molecule has 0 aromatic heterocycles. The van der Waals surface area contributed by atoms with Gasteiger partial charge in [0.25, 0.3) is 0 Å². The van der Waals surface area contributed by atoms with Crippen LogP contribution in [0.25, 0.3) is 0 Å². The Hall–Kier alpha value is 0.310. The van der Waals surface area contributed by atoms with Crippen LogP contribution in [0.4, 0.5) is 0 Å². The lowest BCUT2D eigenvalue weighted by molar-refractivity contribution is 0.245. The van der Waals surface area contributed by atoms with Crippen molar-refractivity contribution in [3.63, 3.8) is 0 Å². The van der Waals surface area contributed by atoms with Crippen molar-refractivity contribution in [3.8, 4) is 0 Å². The first kappa shape index (κ1) is 12.4. The average molecular weight is 215 g/mol. The molecule has 1 N–H and O–H groups in total. The van der Waals surface area contributed by atoms with Gasteiger partial charge in [0.1, 0.15) is 0 Å². The Morgan fingerprint density at radius 2 is 2.07 bits per heavy atom. The molecule has 0 spiro atoms. The molecule has 14 heavy (non-hydrogen) atoms. The van der Waals surface area contributed by atoms with Gasteiger partial charge in [-0.2, -0.15) is 11.8 Å². The van der Waals surface area contributed by atoms with Crippen LogP contribution in [0.3, 0.4) is 0 Å². The fraction of sp³-hybridized carbons (Fsp3) is 1.00. The number of hydrogen-bond donors (Lipinski definition) is 1. The van der Waals surface area contributed by atoms with Crippen LogP contribution in [0.1, 0.15) is 41.0 Å². The van der Waals surface area contributed by atoms with Crippen molar-refractivity contribution in [3.05, 3.63) is 0 Å². The molecule has 1 aliphatic heterocycles. The largest absolute Gasteiger partial charge is 0.313 e. The molecule has 1 saturated heterocycles. The van der Waals surface area contributed by atoms with Gasteiger partial charge < -0.3 is 5.32 Å². The predicted octanol–water partition coefficient (Wildman–Crippen LogP) is 3.15. The van der Waals surface area contributed by atoms with Crippen molar-refractivity contribution < 1.29 is 0 Å². The van der Waals surface area contributed by atoms with Crippen LogP contribution in [0, 0.1) is 11.3 Å². The van der Waals surface area contributed by atoms with E-state index in [-0.39, 0.29) is 0 Å². The lowest BCUT2D eigenvalue weighted by atomic mass is 9.82. The SMILES string of the molecule is CC1SCCC1NCC(C)C(C)(C)C. The lowest BCUT2D eigenvalue weighted by Gasteiger charge is -2.29. The highest BCUT2D eigenvalue weighted by Crippen LogP contribution is 2.28. The topological polar surface area (TPSA) is 12.0 Å². The van der Waals surface area contributed by atoms with Crippen molar-refractivity contribution in [1.29, 1.82) is 0 Å². The molecule has 1 rings (SSSR count). The van der Waals surface area contributed by atoms with E-state index >= 15 is 0 Å². The van der Waals surface area contributed by atoms with Crippen LogP contribution < -0.4 is 5.32 Å². The lowest BCUT2D eigenvalue weighted by Crippen LogP contribution is -2.39. The van der Waals surface area contributed by atoms with E-state index in [1.807, 2.05) is 0 Å². The first-order chi connectivity index (χ1) is 6.41. The molecule has 0 aromatic carbocycles. The molecule has 84 valence electrons. The van der Waals surface area contributed by atoms with Crippen LogP contribution in [-0.4, -0.2) is 23.6 Å². The van der Waals surface area contributed by atoms with E-state index in [0.29, 0.717) is 5.41 Å². The molecule has 1 fully saturated rings. The van der Waals surface area contributed by atoms with Crippen LogP contribution in [-0.2, 0) is 0 Å².